The monoisotopic (exact) mass is 467 g/mol. The fourth-order valence-electron chi connectivity index (χ4n) is 3.97. The summed E-state index contributed by atoms with van der Waals surface area (Å²) in [7, 11) is 0. The topological polar surface area (TPSA) is 21.3 Å². The Morgan fingerprint density at radius 3 is 2.13 bits per heavy atom. The minimum absolute atomic E-state index is 0.533. The fourth-order valence-corrected chi connectivity index (χ4v) is 4.23. The molecule has 5 aromatic rings. The molecule has 0 unspecified atom stereocenters. The predicted molar refractivity (Wildman–Crippen MR) is 134 cm³/mol. The summed E-state index contributed by atoms with van der Waals surface area (Å²) in [5.74, 6) is 0.913. The third kappa shape index (κ3) is 4.28. The van der Waals surface area contributed by atoms with E-state index in [2.05, 4.69) is 112 Å². The molecule has 5 rings (SSSR count). The molecule has 0 aromatic heterocycles. The smallest absolute Gasteiger partial charge is 0.125 e. The van der Waals surface area contributed by atoms with Gasteiger partial charge in [0.15, 0.2) is 0 Å². The van der Waals surface area contributed by atoms with E-state index in [0.29, 0.717) is 13.2 Å². The minimum atomic E-state index is 0.533. The summed E-state index contributed by atoms with van der Waals surface area (Å²) in [6.07, 6.45) is 0. The molecule has 1 N–H and O–H groups in total. The van der Waals surface area contributed by atoms with E-state index >= 15 is 0 Å². The van der Waals surface area contributed by atoms with Crippen molar-refractivity contribution in [2.24, 2.45) is 0 Å². The van der Waals surface area contributed by atoms with Gasteiger partial charge in [-0.15, -0.1) is 0 Å². The Hall–Kier alpha value is -3.30. The summed E-state index contributed by atoms with van der Waals surface area (Å²) in [6.45, 7) is 1.22. The molecule has 2 nitrogen and oxygen atoms in total. The van der Waals surface area contributed by atoms with Gasteiger partial charge in [-0.2, -0.15) is 0 Å². The Balaban J connectivity index is 1.46. The number of benzene rings is 5. The molecule has 0 fully saturated rings. The summed E-state index contributed by atoms with van der Waals surface area (Å²) >= 11 is 3.50. The molecule has 0 bridgehead atoms. The van der Waals surface area contributed by atoms with Gasteiger partial charge in [0, 0.05) is 22.3 Å². The predicted octanol–water partition coefficient (Wildman–Crippen LogP) is 7.95. The van der Waals surface area contributed by atoms with Gasteiger partial charge in [0.2, 0.25) is 0 Å². The maximum absolute atomic E-state index is 6.40. The molecular weight excluding hydrogens is 446 g/mol. The molecule has 152 valence electrons. The average Bonchev–Trinajstić information content (AvgIpc) is 2.82. The Morgan fingerprint density at radius 1 is 0.645 bits per heavy atom. The average molecular weight is 468 g/mol. The van der Waals surface area contributed by atoms with Crippen molar-refractivity contribution in [3.8, 4) is 5.75 Å². The van der Waals surface area contributed by atoms with Crippen molar-refractivity contribution >= 4 is 43.2 Å². The van der Waals surface area contributed by atoms with E-state index in [0.717, 1.165) is 15.9 Å². The highest BCUT2D eigenvalue weighted by Gasteiger charge is 2.10. The highest BCUT2D eigenvalue weighted by atomic mass is 79.9. The van der Waals surface area contributed by atoms with Crippen LogP contribution >= 0.6 is 15.9 Å². The number of hydrogen-bond donors (Lipinski definition) is 1. The van der Waals surface area contributed by atoms with Crippen LogP contribution in [0.3, 0.4) is 0 Å². The molecule has 0 saturated heterocycles. The van der Waals surface area contributed by atoms with Crippen molar-refractivity contribution in [1.29, 1.82) is 0 Å². The first kappa shape index (κ1) is 19.7. The van der Waals surface area contributed by atoms with Crippen LogP contribution in [0.4, 0.5) is 5.69 Å². The van der Waals surface area contributed by atoms with Crippen LogP contribution in [0, 0.1) is 0 Å². The molecule has 3 heteroatoms. The number of fused-ring (bicyclic) bond motifs is 2. The second-order valence-corrected chi connectivity index (χ2v) is 8.47. The van der Waals surface area contributed by atoms with E-state index in [9.17, 15) is 0 Å². The van der Waals surface area contributed by atoms with Gasteiger partial charge < -0.3 is 10.1 Å². The van der Waals surface area contributed by atoms with Crippen LogP contribution in [0.25, 0.3) is 21.5 Å². The third-order valence-corrected chi connectivity index (χ3v) is 6.10. The first-order valence-electron chi connectivity index (χ1n) is 10.4. The first-order valence-corrected chi connectivity index (χ1v) is 11.2. The molecule has 0 spiro atoms. The van der Waals surface area contributed by atoms with Gasteiger partial charge in [0.25, 0.3) is 0 Å². The van der Waals surface area contributed by atoms with E-state index in [1.54, 1.807) is 0 Å². The van der Waals surface area contributed by atoms with Gasteiger partial charge in [0.1, 0.15) is 12.4 Å². The maximum atomic E-state index is 6.40. The quantitative estimate of drug-likeness (QED) is 0.273. The number of rotatable bonds is 6. The fraction of sp³-hybridized carbons (Fsp3) is 0.0714. The van der Waals surface area contributed by atoms with Gasteiger partial charge in [-0.05, 0) is 57.4 Å². The van der Waals surface area contributed by atoms with E-state index in [4.69, 9.17) is 4.74 Å². The maximum Gasteiger partial charge on any atom is 0.125 e. The van der Waals surface area contributed by atoms with Crippen LogP contribution < -0.4 is 10.1 Å². The highest BCUT2D eigenvalue weighted by molar-refractivity contribution is 9.10. The van der Waals surface area contributed by atoms with Crippen molar-refractivity contribution < 1.29 is 4.74 Å². The van der Waals surface area contributed by atoms with Crippen LogP contribution in [-0.2, 0) is 13.2 Å². The summed E-state index contributed by atoms with van der Waals surface area (Å²) in [5, 5.41) is 8.45. The number of hydrogen-bond acceptors (Lipinski definition) is 2. The summed E-state index contributed by atoms with van der Waals surface area (Å²) in [6, 6.07) is 35.8. The molecule has 0 aliphatic rings. The number of nitrogens with one attached hydrogen (secondary N) is 1. The Bertz CT molecular complexity index is 1340. The summed E-state index contributed by atoms with van der Waals surface area (Å²) < 4.78 is 7.47. The lowest BCUT2D eigenvalue weighted by Gasteiger charge is -2.16. The van der Waals surface area contributed by atoms with Crippen molar-refractivity contribution in [3.05, 3.63) is 119 Å². The summed E-state index contributed by atoms with van der Waals surface area (Å²) in [5.41, 5.74) is 3.44. The lowest BCUT2D eigenvalue weighted by molar-refractivity contribution is 0.305. The van der Waals surface area contributed by atoms with E-state index < -0.39 is 0 Å². The zero-order valence-electron chi connectivity index (χ0n) is 17.0. The molecule has 0 atom stereocenters. The molecule has 0 aliphatic carbocycles. The highest BCUT2D eigenvalue weighted by Crippen LogP contribution is 2.30. The molecule has 0 heterocycles. The van der Waals surface area contributed by atoms with Crippen molar-refractivity contribution in [1.82, 2.24) is 0 Å². The molecule has 0 saturated carbocycles. The van der Waals surface area contributed by atoms with Crippen LogP contribution in [0.15, 0.2) is 108 Å². The summed E-state index contributed by atoms with van der Waals surface area (Å²) in [4.78, 5) is 0. The van der Waals surface area contributed by atoms with E-state index in [-0.39, 0.29) is 0 Å². The van der Waals surface area contributed by atoms with Crippen LogP contribution in [0.1, 0.15) is 11.1 Å². The van der Waals surface area contributed by atoms with Crippen molar-refractivity contribution in [3.63, 3.8) is 0 Å². The Morgan fingerprint density at radius 2 is 1.32 bits per heavy atom. The number of halogens is 1. The van der Waals surface area contributed by atoms with Gasteiger partial charge in [-0.3, -0.25) is 0 Å². The largest absolute Gasteiger partial charge is 0.489 e. The Labute approximate surface area is 190 Å². The lowest BCUT2D eigenvalue weighted by atomic mass is 10.0. The number of anilines is 1. The second-order valence-electron chi connectivity index (χ2n) is 7.55. The molecule has 31 heavy (non-hydrogen) atoms. The van der Waals surface area contributed by atoms with Gasteiger partial charge >= 0.3 is 0 Å². The molecular formula is C28H22BrNO. The van der Waals surface area contributed by atoms with Gasteiger partial charge in [-0.1, -0.05) is 88.7 Å². The van der Waals surface area contributed by atoms with Crippen LogP contribution in [0.5, 0.6) is 5.75 Å². The van der Waals surface area contributed by atoms with Crippen molar-refractivity contribution in [2.45, 2.75) is 13.2 Å². The van der Waals surface area contributed by atoms with Crippen LogP contribution in [-0.4, -0.2) is 0 Å². The minimum Gasteiger partial charge on any atom is -0.489 e. The zero-order valence-corrected chi connectivity index (χ0v) is 18.6. The molecule has 0 amide bonds. The number of ether oxygens (including phenoxy) is 1. The van der Waals surface area contributed by atoms with Crippen LogP contribution in [0.2, 0.25) is 0 Å². The second kappa shape index (κ2) is 8.83. The third-order valence-electron chi connectivity index (χ3n) is 5.57. The SMILES string of the molecule is Brc1ccc(NCc2c(OCc3cccc4ccccc34)ccc3ccccc23)cc1. The van der Waals surface area contributed by atoms with Gasteiger partial charge in [-0.25, -0.2) is 0 Å². The van der Waals surface area contributed by atoms with E-state index in [1.165, 1.54) is 32.7 Å². The van der Waals surface area contributed by atoms with Gasteiger partial charge in [0.05, 0.1) is 0 Å². The molecule has 5 aromatic carbocycles. The first-order chi connectivity index (χ1) is 15.3. The molecule has 0 aliphatic heterocycles. The van der Waals surface area contributed by atoms with Crippen molar-refractivity contribution in [2.75, 3.05) is 5.32 Å². The standard InChI is InChI=1S/C28H22BrNO/c29-23-13-15-24(16-14-23)30-18-27-26-11-4-2-7-21(26)12-17-28(27)31-19-22-9-5-8-20-6-1-3-10-25(20)22/h1-17,30H,18-19H2. The van der Waals surface area contributed by atoms with E-state index in [1.807, 2.05) is 12.1 Å². The zero-order chi connectivity index (χ0) is 21.0. The molecule has 0 radical (unpaired) electrons. The Kier molecular flexibility index (Phi) is 5.59. The lowest BCUT2D eigenvalue weighted by Crippen LogP contribution is -2.05. The normalized spacial score (nSPS) is 11.0.